The lowest BCUT2D eigenvalue weighted by molar-refractivity contribution is -0.383. The predicted octanol–water partition coefficient (Wildman–Crippen LogP) is 1.78. The second kappa shape index (κ2) is 4.94. The van der Waals surface area contributed by atoms with Gasteiger partial charge in [0.2, 0.25) is 11.6 Å². The van der Waals surface area contributed by atoms with Crippen molar-refractivity contribution in [1.29, 1.82) is 0 Å². The molecule has 0 radical (unpaired) electrons. The summed E-state index contributed by atoms with van der Waals surface area (Å²) in [6, 6.07) is 0.285. The maximum absolute atomic E-state index is 11.0. The third-order valence-electron chi connectivity index (χ3n) is 2.94. The summed E-state index contributed by atoms with van der Waals surface area (Å²) in [4.78, 5) is 18.4. The summed E-state index contributed by atoms with van der Waals surface area (Å²) >= 11 is 0. The van der Waals surface area contributed by atoms with Gasteiger partial charge in [0, 0.05) is 13.1 Å². The van der Waals surface area contributed by atoms with Gasteiger partial charge in [-0.1, -0.05) is 12.8 Å². The second-order valence-corrected chi connectivity index (χ2v) is 4.05. The van der Waals surface area contributed by atoms with Crippen molar-refractivity contribution in [1.82, 2.24) is 9.97 Å². The summed E-state index contributed by atoms with van der Waals surface area (Å²) in [5.41, 5.74) is -0.0816. The van der Waals surface area contributed by atoms with Crippen molar-refractivity contribution in [3.8, 4) is 0 Å². The van der Waals surface area contributed by atoms with E-state index in [1.54, 1.807) is 7.05 Å². The average Bonchev–Trinajstić information content (AvgIpc) is 2.81. The van der Waals surface area contributed by atoms with Crippen LogP contribution in [-0.4, -0.2) is 28.0 Å². The Morgan fingerprint density at radius 1 is 1.35 bits per heavy atom. The minimum Gasteiger partial charge on any atom is -0.367 e. The molecule has 7 nitrogen and oxygen atoms in total. The van der Waals surface area contributed by atoms with E-state index in [0.29, 0.717) is 5.82 Å². The summed E-state index contributed by atoms with van der Waals surface area (Å²) in [6.07, 6.45) is 5.73. The van der Waals surface area contributed by atoms with Crippen molar-refractivity contribution in [3.05, 3.63) is 16.4 Å². The molecule has 0 aromatic carbocycles. The summed E-state index contributed by atoms with van der Waals surface area (Å²) < 4.78 is 0. The van der Waals surface area contributed by atoms with Crippen LogP contribution in [-0.2, 0) is 0 Å². The van der Waals surface area contributed by atoms with Crippen LogP contribution in [0.5, 0.6) is 0 Å². The molecule has 17 heavy (non-hydrogen) atoms. The van der Waals surface area contributed by atoms with Crippen LogP contribution in [0.15, 0.2) is 6.33 Å². The maximum atomic E-state index is 11.0. The predicted molar refractivity (Wildman–Crippen MR) is 64.1 cm³/mol. The molecule has 1 aromatic rings. The van der Waals surface area contributed by atoms with Crippen LogP contribution >= 0.6 is 0 Å². The van der Waals surface area contributed by atoms with Crippen LogP contribution in [0.4, 0.5) is 17.3 Å². The standard InChI is InChI=1S/C10H15N5O2/c1-11-9-8(15(16)17)10(13-6-12-9)14-7-4-2-3-5-7/h6-7H,2-5H2,1H3,(H2,11,12,13,14). The Morgan fingerprint density at radius 2 is 2.00 bits per heavy atom. The van der Waals surface area contributed by atoms with E-state index in [1.807, 2.05) is 0 Å². The maximum Gasteiger partial charge on any atom is 0.353 e. The van der Waals surface area contributed by atoms with Gasteiger partial charge in [0.05, 0.1) is 4.92 Å². The zero-order chi connectivity index (χ0) is 12.3. The third kappa shape index (κ3) is 2.43. The Kier molecular flexibility index (Phi) is 3.36. The normalized spacial score (nSPS) is 15.8. The Morgan fingerprint density at radius 3 is 2.59 bits per heavy atom. The van der Waals surface area contributed by atoms with E-state index >= 15 is 0 Å². The number of hydrogen-bond donors (Lipinski definition) is 2. The van der Waals surface area contributed by atoms with Crippen molar-refractivity contribution < 1.29 is 4.92 Å². The highest BCUT2D eigenvalue weighted by Crippen LogP contribution is 2.31. The fourth-order valence-electron chi connectivity index (χ4n) is 2.10. The fraction of sp³-hybridized carbons (Fsp3) is 0.600. The first-order chi connectivity index (χ1) is 8.22. The molecule has 0 spiro atoms. The largest absolute Gasteiger partial charge is 0.367 e. The molecule has 1 aliphatic carbocycles. The summed E-state index contributed by atoms with van der Waals surface area (Å²) in [7, 11) is 1.61. The van der Waals surface area contributed by atoms with Crippen molar-refractivity contribution in [2.75, 3.05) is 17.7 Å². The van der Waals surface area contributed by atoms with Gasteiger partial charge < -0.3 is 10.6 Å². The SMILES string of the molecule is CNc1ncnc(NC2CCCC2)c1[N+](=O)[O-]. The topological polar surface area (TPSA) is 93.0 Å². The van der Waals surface area contributed by atoms with Crippen LogP contribution < -0.4 is 10.6 Å². The molecule has 92 valence electrons. The van der Waals surface area contributed by atoms with E-state index in [9.17, 15) is 10.1 Å². The van der Waals surface area contributed by atoms with Gasteiger partial charge >= 0.3 is 5.69 Å². The quantitative estimate of drug-likeness (QED) is 0.612. The van der Waals surface area contributed by atoms with E-state index in [2.05, 4.69) is 20.6 Å². The van der Waals surface area contributed by atoms with Gasteiger partial charge in [-0.3, -0.25) is 10.1 Å². The zero-order valence-electron chi connectivity index (χ0n) is 9.64. The minimum absolute atomic E-state index is 0.0816. The first kappa shape index (κ1) is 11.6. The highest BCUT2D eigenvalue weighted by molar-refractivity contribution is 5.69. The van der Waals surface area contributed by atoms with E-state index in [0.717, 1.165) is 25.7 Å². The number of anilines is 2. The van der Waals surface area contributed by atoms with Gasteiger partial charge in [-0.15, -0.1) is 0 Å². The molecule has 2 N–H and O–H groups in total. The van der Waals surface area contributed by atoms with E-state index in [1.165, 1.54) is 6.33 Å². The molecule has 0 unspecified atom stereocenters. The van der Waals surface area contributed by atoms with Gasteiger partial charge in [0.1, 0.15) is 6.33 Å². The first-order valence-corrected chi connectivity index (χ1v) is 5.66. The van der Waals surface area contributed by atoms with Crippen LogP contribution in [0.3, 0.4) is 0 Å². The van der Waals surface area contributed by atoms with Gasteiger partial charge in [-0.25, -0.2) is 9.97 Å². The van der Waals surface area contributed by atoms with Crippen LogP contribution in [0.25, 0.3) is 0 Å². The number of nitrogens with one attached hydrogen (secondary N) is 2. The number of rotatable bonds is 4. The lowest BCUT2D eigenvalue weighted by Gasteiger charge is -2.13. The molecule has 1 saturated carbocycles. The molecule has 0 amide bonds. The molecule has 0 saturated heterocycles. The molecule has 0 aliphatic heterocycles. The number of nitrogens with zero attached hydrogens (tertiary/aromatic N) is 3. The highest BCUT2D eigenvalue weighted by Gasteiger charge is 2.25. The highest BCUT2D eigenvalue weighted by atomic mass is 16.6. The average molecular weight is 237 g/mol. The Hall–Kier alpha value is -1.92. The third-order valence-corrected chi connectivity index (χ3v) is 2.94. The monoisotopic (exact) mass is 237 g/mol. The van der Waals surface area contributed by atoms with E-state index in [4.69, 9.17) is 0 Å². The summed E-state index contributed by atoms with van der Waals surface area (Å²) in [5, 5.41) is 16.9. The zero-order valence-corrected chi connectivity index (χ0v) is 9.64. The van der Waals surface area contributed by atoms with E-state index < -0.39 is 4.92 Å². The minimum atomic E-state index is -0.455. The molecule has 0 bridgehead atoms. The van der Waals surface area contributed by atoms with Crippen LogP contribution in [0, 0.1) is 10.1 Å². The first-order valence-electron chi connectivity index (χ1n) is 5.66. The van der Waals surface area contributed by atoms with Gasteiger partial charge in [-0.2, -0.15) is 0 Å². The molecular formula is C10H15N5O2. The Bertz CT molecular complexity index is 417. The van der Waals surface area contributed by atoms with Crippen LogP contribution in [0.2, 0.25) is 0 Å². The van der Waals surface area contributed by atoms with Gasteiger partial charge in [0.15, 0.2) is 0 Å². The summed E-state index contributed by atoms with van der Waals surface area (Å²) in [5.74, 6) is 0.548. The molecule has 1 aromatic heterocycles. The molecule has 0 atom stereocenters. The Balaban J connectivity index is 2.28. The number of hydrogen-bond acceptors (Lipinski definition) is 6. The lowest BCUT2D eigenvalue weighted by atomic mass is 10.2. The molecule has 7 heteroatoms. The molecular weight excluding hydrogens is 222 g/mol. The van der Waals surface area contributed by atoms with Crippen molar-refractivity contribution in [3.63, 3.8) is 0 Å². The number of nitro groups is 1. The molecule has 1 aliphatic rings. The Labute approximate surface area is 98.8 Å². The smallest absolute Gasteiger partial charge is 0.353 e. The van der Waals surface area contributed by atoms with Crippen molar-refractivity contribution in [2.45, 2.75) is 31.7 Å². The number of aromatic nitrogens is 2. The lowest BCUT2D eigenvalue weighted by Crippen LogP contribution is -2.17. The molecule has 2 rings (SSSR count). The second-order valence-electron chi connectivity index (χ2n) is 4.05. The van der Waals surface area contributed by atoms with Crippen LogP contribution in [0.1, 0.15) is 25.7 Å². The molecule has 1 fully saturated rings. The van der Waals surface area contributed by atoms with Crippen molar-refractivity contribution >= 4 is 17.3 Å². The molecule has 1 heterocycles. The van der Waals surface area contributed by atoms with Gasteiger partial charge in [-0.05, 0) is 12.8 Å². The van der Waals surface area contributed by atoms with Crippen molar-refractivity contribution in [2.24, 2.45) is 0 Å². The summed E-state index contributed by atoms with van der Waals surface area (Å²) in [6.45, 7) is 0. The van der Waals surface area contributed by atoms with Gasteiger partial charge in [0.25, 0.3) is 0 Å². The van der Waals surface area contributed by atoms with E-state index in [-0.39, 0.29) is 17.5 Å². The fourth-order valence-corrected chi connectivity index (χ4v) is 2.10.